The van der Waals surface area contributed by atoms with Gasteiger partial charge >= 0.3 is 0 Å². The van der Waals surface area contributed by atoms with Gasteiger partial charge in [-0.25, -0.2) is 14.4 Å². The molecule has 0 saturated carbocycles. The van der Waals surface area contributed by atoms with Crippen molar-refractivity contribution < 1.29 is 9.18 Å². The molecule has 0 aliphatic heterocycles. The summed E-state index contributed by atoms with van der Waals surface area (Å²) in [6.45, 7) is 1.60. The molecule has 0 aliphatic carbocycles. The molecule has 0 spiro atoms. The van der Waals surface area contributed by atoms with Crippen molar-refractivity contribution in [1.29, 1.82) is 0 Å². The summed E-state index contributed by atoms with van der Waals surface area (Å²) < 4.78 is 13.5. The number of halogens is 1. The molecule has 1 amide bonds. The minimum atomic E-state index is -0.397. The van der Waals surface area contributed by atoms with Gasteiger partial charge in [0.15, 0.2) is 0 Å². The lowest BCUT2D eigenvalue weighted by atomic mass is 10.2. The number of carbonyl (C=O) groups excluding carboxylic acids is 1. The SMILES string of the molecule is Cc1c(F)cccc1NC(=O)c1sc2nccnc2c1N. The molecule has 1 aromatic carbocycles. The quantitative estimate of drug-likeness (QED) is 0.762. The number of nitrogens with two attached hydrogens (primary N) is 1. The van der Waals surface area contributed by atoms with Crippen LogP contribution in [0, 0.1) is 12.7 Å². The maximum absolute atomic E-state index is 13.5. The summed E-state index contributed by atoms with van der Waals surface area (Å²) in [5.74, 6) is -0.772. The van der Waals surface area contributed by atoms with Gasteiger partial charge in [0.2, 0.25) is 0 Å². The molecule has 0 aliphatic rings. The summed E-state index contributed by atoms with van der Waals surface area (Å²) in [6, 6.07) is 4.51. The average molecular weight is 302 g/mol. The van der Waals surface area contributed by atoms with Crippen molar-refractivity contribution in [2.45, 2.75) is 6.92 Å². The molecular weight excluding hydrogens is 291 g/mol. The summed E-state index contributed by atoms with van der Waals surface area (Å²) in [7, 11) is 0. The minimum Gasteiger partial charge on any atom is -0.396 e. The van der Waals surface area contributed by atoms with Crippen molar-refractivity contribution in [1.82, 2.24) is 9.97 Å². The standard InChI is InChI=1S/C14H11FN4OS/c1-7-8(15)3-2-4-9(7)19-13(20)12-10(16)11-14(21-12)18-6-5-17-11/h2-6H,16H2,1H3,(H,19,20). The lowest BCUT2D eigenvalue weighted by molar-refractivity contribution is 0.103. The number of fused-ring (bicyclic) bond motifs is 1. The van der Waals surface area contributed by atoms with Crippen LogP contribution in [0.2, 0.25) is 0 Å². The number of carbonyl (C=O) groups is 1. The van der Waals surface area contributed by atoms with Crippen molar-refractivity contribution >= 4 is 39.0 Å². The van der Waals surface area contributed by atoms with Crippen molar-refractivity contribution in [3.8, 4) is 0 Å². The van der Waals surface area contributed by atoms with Crippen LogP contribution in [-0.2, 0) is 0 Å². The zero-order valence-electron chi connectivity index (χ0n) is 11.1. The molecule has 106 valence electrons. The van der Waals surface area contributed by atoms with Crippen LogP contribution in [0.15, 0.2) is 30.6 Å². The van der Waals surface area contributed by atoms with Gasteiger partial charge in [0.1, 0.15) is 21.0 Å². The largest absolute Gasteiger partial charge is 0.396 e. The summed E-state index contributed by atoms with van der Waals surface area (Å²) in [5.41, 5.74) is 7.52. The number of aromatic nitrogens is 2. The van der Waals surface area contributed by atoms with Crippen molar-refractivity contribution in [2.75, 3.05) is 11.1 Å². The Balaban J connectivity index is 1.97. The number of rotatable bonds is 2. The Bertz CT molecular complexity index is 846. The van der Waals surface area contributed by atoms with Gasteiger partial charge in [-0.15, -0.1) is 11.3 Å². The van der Waals surface area contributed by atoms with Crippen LogP contribution in [0.4, 0.5) is 15.8 Å². The summed E-state index contributed by atoms with van der Waals surface area (Å²) >= 11 is 1.16. The van der Waals surface area contributed by atoms with Crippen LogP contribution in [0.1, 0.15) is 15.2 Å². The van der Waals surface area contributed by atoms with E-state index in [0.29, 0.717) is 26.5 Å². The maximum Gasteiger partial charge on any atom is 0.268 e. The van der Waals surface area contributed by atoms with E-state index in [4.69, 9.17) is 5.73 Å². The zero-order valence-corrected chi connectivity index (χ0v) is 11.9. The molecular formula is C14H11FN4OS. The van der Waals surface area contributed by atoms with Gasteiger partial charge in [-0.1, -0.05) is 6.07 Å². The molecule has 2 heterocycles. The maximum atomic E-state index is 13.5. The third kappa shape index (κ3) is 2.31. The molecule has 2 aromatic heterocycles. The number of amides is 1. The zero-order chi connectivity index (χ0) is 15.0. The molecule has 3 rings (SSSR count). The Morgan fingerprint density at radius 3 is 2.86 bits per heavy atom. The van der Waals surface area contributed by atoms with Gasteiger partial charge in [0, 0.05) is 23.6 Å². The fourth-order valence-corrected chi connectivity index (χ4v) is 2.85. The highest BCUT2D eigenvalue weighted by atomic mass is 32.1. The van der Waals surface area contributed by atoms with Gasteiger partial charge in [0.25, 0.3) is 5.91 Å². The number of anilines is 2. The lowest BCUT2D eigenvalue weighted by Gasteiger charge is -2.08. The molecule has 0 saturated heterocycles. The summed E-state index contributed by atoms with van der Waals surface area (Å²) in [4.78, 5) is 21.4. The van der Waals surface area contributed by atoms with Crippen LogP contribution in [0.5, 0.6) is 0 Å². The second kappa shape index (κ2) is 5.10. The second-order valence-corrected chi connectivity index (χ2v) is 5.42. The molecule has 0 fully saturated rings. The highest BCUT2D eigenvalue weighted by molar-refractivity contribution is 7.21. The molecule has 3 aromatic rings. The number of hydrogen-bond acceptors (Lipinski definition) is 5. The number of thiophene rings is 1. The van der Waals surface area contributed by atoms with Crippen LogP contribution in [0.25, 0.3) is 10.3 Å². The molecule has 0 bridgehead atoms. The number of benzene rings is 1. The molecule has 0 radical (unpaired) electrons. The minimum absolute atomic E-state index is 0.287. The van der Waals surface area contributed by atoms with Crippen LogP contribution < -0.4 is 11.1 Å². The van der Waals surface area contributed by atoms with Crippen molar-refractivity contribution in [3.05, 3.63) is 46.9 Å². The van der Waals surface area contributed by atoms with Gasteiger partial charge < -0.3 is 11.1 Å². The van der Waals surface area contributed by atoms with E-state index in [2.05, 4.69) is 15.3 Å². The fraction of sp³-hybridized carbons (Fsp3) is 0.0714. The smallest absolute Gasteiger partial charge is 0.268 e. The van der Waals surface area contributed by atoms with Crippen LogP contribution in [0.3, 0.4) is 0 Å². The van der Waals surface area contributed by atoms with E-state index in [-0.39, 0.29) is 11.5 Å². The highest BCUT2D eigenvalue weighted by Crippen LogP contribution is 2.31. The average Bonchev–Trinajstić information content (AvgIpc) is 2.82. The van der Waals surface area contributed by atoms with E-state index in [1.807, 2.05) is 0 Å². The van der Waals surface area contributed by atoms with Crippen LogP contribution in [-0.4, -0.2) is 15.9 Å². The predicted molar refractivity (Wildman–Crippen MR) is 80.9 cm³/mol. The van der Waals surface area contributed by atoms with E-state index >= 15 is 0 Å². The van der Waals surface area contributed by atoms with Gasteiger partial charge in [-0.3, -0.25) is 4.79 Å². The predicted octanol–water partition coefficient (Wildman–Crippen LogP) is 2.97. The van der Waals surface area contributed by atoms with E-state index in [1.165, 1.54) is 24.5 Å². The fourth-order valence-electron chi connectivity index (χ4n) is 1.93. The topological polar surface area (TPSA) is 80.9 Å². The molecule has 5 nitrogen and oxygen atoms in total. The van der Waals surface area contributed by atoms with Gasteiger partial charge in [0.05, 0.1) is 5.69 Å². The second-order valence-electron chi connectivity index (χ2n) is 4.42. The van der Waals surface area contributed by atoms with E-state index in [1.54, 1.807) is 13.0 Å². The Morgan fingerprint density at radius 2 is 2.10 bits per heavy atom. The third-order valence-corrected chi connectivity index (χ3v) is 4.19. The Labute approximate surface area is 123 Å². The van der Waals surface area contributed by atoms with Crippen molar-refractivity contribution in [2.24, 2.45) is 0 Å². The van der Waals surface area contributed by atoms with Crippen LogP contribution >= 0.6 is 11.3 Å². The lowest BCUT2D eigenvalue weighted by Crippen LogP contribution is -2.13. The van der Waals surface area contributed by atoms with E-state index in [0.717, 1.165) is 11.3 Å². The first kappa shape index (κ1) is 13.4. The molecule has 21 heavy (non-hydrogen) atoms. The monoisotopic (exact) mass is 302 g/mol. The summed E-state index contributed by atoms with van der Waals surface area (Å²) in [6.07, 6.45) is 3.06. The van der Waals surface area contributed by atoms with Crippen molar-refractivity contribution in [3.63, 3.8) is 0 Å². The molecule has 0 unspecified atom stereocenters. The molecule has 3 N–H and O–H groups in total. The first-order valence-electron chi connectivity index (χ1n) is 6.13. The normalized spacial score (nSPS) is 10.8. The van der Waals surface area contributed by atoms with Gasteiger partial charge in [-0.2, -0.15) is 0 Å². The number of nitrogens with one attached hydrogen (secondary N) is 1. The number of nitrogens with zero attached hydrogens (tertiary/aromatic N) is 2. The molecule has 0 atom stereocenters. The third-order valence-electron chi connectivity index (χ3n) is 3.09. The first-order chi connectivity index (χ1) is 10.1. The highest BCUT2D eigenvalue weighted by Gasteiger charge is 2.18. The van der Waals surface area contributed by atoms with Gasteiger partial charge in [-0.05, 0) is 19.1 Å². The van der Waals surface area contributed by atoms with E-state index < -0.39 is 5.91 Å². The number of nitrogen functional groups attached to an aromatic ring is 1. The first-order valence-corrected chi connectivity index (χ1v) is 6.95. The Kier molecular flexibility index (Phi) is 3.26. The number of hydrogen-bond donors (Lipinski definition) is 2. The summed E-state index contributed by atoms with van der Waals surface area (Å²) in [5, 5.41) is 2.67. The Hall–Kier alpha value is -2.54. The van der Waals surface area contributed by atoms with E-state index in [9.17, 15) is 9.18 Å². The Morgan fingerprint density at radius 1 is 1.33 bits per heavy atom. The molecule has 7 heteroatoms.